The Bertz CT molecular complexity index is 193. The van der Waals surface area contributed by atoms with E-state index in [1.54, 1.807) is 6.26 Å². The van der Waals surface area contributed by atoms with Crippen LogP contribution in [0.3, 0.4) is 0 Å². The van der Waals surface area contributed by atoms with Gasteiger partial charge in [0.1, 0.15) is 6.10 Å². The standard InChI is InChI=1S/C11H18O/c1-5-12-11-9(3)7-6-8(2)10(11)4/h5,7-8,10-11H,1,6H2,2-4H3/t8-,10+,11-/m1/s1. The number of ether oxygens (including phenoxy) is 1. The van der Waals surface area contributed by atoms with E-state index in [-0.39, 0.29) is 6.10 Å². The third kappa shape index (κ3) is 1.71. The quantitative estimate of drug-likeness (QED) is 0.452. The molecule has 0 aliphatic heterocycles. The van der Waals surface area contributed by atoms with Crippen LogP contribution in [0, 0.1) is 11.8 Å². The van der Waals surface area contributed by atoms with E-state index in [4.69, 9.17) is 4.74 Å². The van der Waals surface area contributed by atoms with Crippen molar-refractivity contribution in [2.45, 2.75) is 33.3 Å². The van der Waals surface area contributed by atoms with E-state index < -0.39 is 0 Å². The lowest BCUT2D eigenvalue weighted by Gasteiger charge is -2.32. The van der Waals surface area contributed by atoms with E-state index in [2.05, 4.69) is 33.4 Å². The van der Waals surface area contributed by atoms with Gasteiger partial charge in [-0.05, 0) is 30.8 Å². The lowest BCUT2D eigenvalue weighted by atomic mass is 9.80. The van der Waals surface area contributed by atoms with Crippen LogP contribution in [0.15, 0.2) is 24.5 Å². The van der Waals surface area contributed by atoms with Gasteiger partial charge in [-0.3, -0.25) is 0 Å². The average Bonchev–Trinajstić information content (AvgIpc) is 2.06. The number of hydrogen-bond acceptors (Lipinski definition) is 1. The van der Waals surface area contributed by atoms with Crippen LogP contribution < -0.4 is 0 Å². The second-order valence-electron chi connectivity index (χ2n) is 3.74. The molecule has 12 heavy (non-hydrogen) atoms. The molecule has 68 valence electrons. The van der Waals surface area contributed by atoms with Crippen molar-refractivity contribution in [1.29, 1.82) is 0 Å². The van der Waals surface area contributed by atoms with Crippen molar-refractivity contribution in [2.75, 3.05) is 0 Å². The summed E-state index contributed by atoms with van der Waals surface area (Å²) in [4.78, 5) is 0. The van der Waals surface area contributed by atoms with E-state index in [9.17, 15) is 0 Å². The molecule has 1 nitrogen and oxygen atoms in total. The lowest BCUT2D eigenvalue weighted by Crippen LogP contribution is -2.29. The summed E-state index contributed by atoms with van der Waals surface area (Å²) in [6, 6.07) is 0. The predicted octanol–water partition coefficient (Wildman–Crippen LogP) is 3.14. The van der Waals surface area contributed by atoms with Crippen molar-refractivity contribution in [2.24, 2.45) is 11.8 Å². The van der Waals surface area contributed by atoms with Gasteiger partial charge < -0.3 is 4.74 Å². The van der Waals surface area contributed by atoms with Crippen molar-refractivity contribution in [1.82, 2.24) is 0 Å². The monoisotopic (exact) mass is 166 g/mol. The first kappa shape index (κ1) is 9.37. The molecule has 1 heteroatoms. The Morgan fingerprint density at radius 1 is 1.58 bits per heavy atom. The third-order valence-corrected chi connectivity index (χ3v) is 2.88. The maximum atomic E-state index is 5.47. The van der Waals surface area contributed by atoms with Crippen molar-refractivity contribution in [3.05, 3.63) is 24.5 Å². The Kier molecular flexibility index (Phi) is 2.96. The van der Waals surface area contributed by atoms with Crippen molar-refractivity contribution < 1.29 is 4.74 Å². The molecule has 0 aromatic carbocycles. The highest BCUT2D eigenvalue weighted by Gasteiger charge is 2.27. The fourth-order valence-electron chi connectivity index (χ4n) is 1.75. The van der Waals surface area contributed by atoms with Gasteiger partial charge in [0.05, 0.1) is 6.26 Å². The Labute approximate surface area is 75.1 Å². The van der Waals surface area contributed by atoms with Crippen molar-refractivity contribution in [3.63, 3.8) is 0 Å². The summed E-state index contributed by atoms with van der Waals surface area (Å²) >= 11 is 0. The molecule has 0 aromatic rings. The summed E-state index contributed by atoms with van der Waals surface area (Å²) in [5, 5.41) is 0. The maximum Gasteiger partial charge on any atom is 0.121 e. The number of allylic oxidation sites excluding steroid dienone is 1. The second-order valence-corrected chi connectivity index (χ2v) is 3.74. The Hall–Kier alpha value is -0.720. The fourth-order valence-corrected chi connectivity index (χ4v) is 1.75. The summed E-state index contributed by atoms with van der Waals surface area (Å²) in [7, 11) is 0. The van der Waals surface area contributed by atoms with Crippen LogP contribution >= 0.6 is 0 Å². The summed E-state index contributed by atoms with van der Waals surface area (Å²) in [5.74, 6) is 1.33. The van der Waals surface area contributed by atoms with Crippen molar-refractivity contribution >= 4 is 0 Å². The Morgan fingerprint density at radius 3 is 2.83 bits per heavy atom. The van der Waals surface area contributed by atoms with Crippen LogP contribution in [0.4, 0.5) is 0 Å². The first-order valence-electron chi connectivity index (χ1n) is 4.59. The second kappa shape index (κ2) is 3.79. The molecule has 0 fully saturated rings. The molecular weight excluding hydrogens is 148 g/mol. The van der Waals surface area contributed by atoms with E-state index in [1.165, 1.54) is 12.0 Å². The molecular formula is C11H18O. The molecule has 0 bridgehead atoms. The molecule has 0 N–H and O–H groups in total. The molecule has 0 heterocycles. The van der Waals surface area contributed by atoms with Crippen LogP contribution in [0.1, 0.15) is 27.2 Å². The first-order valence-corrected chi connectivity index (χ1v) is 4.59. The molecule has 1 aliphatic carbocycles. The van der Waals surface area contributed by atoms with Crippen molar-refractivity contribution in [3.8, 4) is 0 Å². The minimum absolute atomic E-state index is 0.256. The highest BCUT2D eigenvalue weighted by Crippen LogP contribution is 2.31. The molecule has 1 rings (SSSR count). The highest BCUT2D eigenvalue weighted by atomic mass is 16.5. The predicted molar refractivity (Wildman–Crippen MR) is 51.8 cm³/mol. The smallest absolute Gasteiger partial charge is 0.121 e. The first-order chi connectivity index (χ1) is 5.66. The van der Waals surface area contributed by atoms with Gasteiger partial charge in [0.2, 0.25) is 0 Å². The van der Waals surface area contributed by atoms with E-state index in [1.807, 2.05) is 0 Å². The van der Waals surface area contributed by atoms with Gasteiger partial charge in [-0.15, -0.1) is 0 Å². The number of rotatable bonds is 2. The topological polar surface area (TPSA) is 9.23 Å². The zero-order valence-electron chi connectivity index (χ0n) is 8.21. The van der Waals surface area contributed by atoms with Gasteiger partial charge in [-0.25, -0.2) is 0 Å². The molecule has 0 aromatic heterocycles. The van der Waals surface area contributed by atoms with Gasteiger partial charge in [-0.1, -0.05) is 26.5 Å². The molecule has 0 unspecified atom stereocenters. The summed E-state index contributed by atoms with van der Waals surface area (Å²) in [6.07, 6.45) is 5.27. The lowest BCUT2D eigenvalue weighted by molar-refractivity contribution is 0.0898. The van der Waals surface area contributed by atoms with Gasteiger partial charge in [-0.2, -0.15) is 0 Å². The van der Waals surface area contributed by atoms with Crippen LogP contribution in [0.25, 0.3) is 0 Å². The van der Waals surface area contributed by atoms with E-state index >= 15 is 0 Å². The summed E-state index contributed by atoms with van der Waals surface area (Å²) in [6.45, 7) is 10.3. The minimum atomic E-state index is 0.256. The summed E-state index contributed by atoms with van der Waals surface area (Å²) in [5.41, 5.74) is 1.35. The SMILES string of the molecule is C=CO[C@@H]1C(C)=CC[C@@H](C)[C@@H]1C. The molecule has 0 spiro atoms. The van der Waals surface area contributed by atoms with Gasteiger partial charge in [0, 0.05) is 0 Å². The Balaban J connectivity index is 2.72. The van der Waals surface area contributed by atoms with Crippen LogP contribution in [0.5, 0.6) is 0 Å². The van der Waals surface area contributed by atoms with E-state index in [0.717, 1.165) is 5.92 Å². The molecule has 1 aliphatic rings. The maximum absolute atomic E-state index is 5.47. The third-order valence-electron chi connectivity index (χ3n) is 2.88. The average molecular weight is 166 g/mol. The van der Waals surface area contributed by atoms with Crippen LogP contribution in [-0.4, -0.2) is 6.10 Å². The zero-order valence-corrected chi connectivity index (χ0v) is 8.21. The normalized spacial score (nSPS) is 35.6. The van der Waals surface area contributed by atoms with Gasteiger partial charge >= 0.3 is 0 Å². The molecule has 3 atom stereocenters. The highest BCUT2D eigenvalue weighted by molar-refractivity contribution is 5.12. The fraction of sp³-hybridized carbons (Fsp3) is 0.636. The zero-order chi connectivity index (χ0) is 9.14. The largest absolute Gasteiger partial charge is 0.494 e. The Morgan fingerprint density at radius 2 is 2.25 bits per heavy atom. The molecule has 0 amide bonds. The minimum Gasteiger partial charge on any atom is -0.494 e. The summed E-state index contributed by atoms with van der Waals surface area (Å²) < 4.78 is 5.47. The van der Waals surface area contributed by atoms with E-state index in [0.29, 0.717) is 5.92 Å². The molecule has 0 saturated heterocycles. The van der Waals surface area contributed by atoms with Gasteiger partial charge in [0.15, 0.2) is 0 Å². The molecule has 0 radical (unpaired) electrons. The van der Waals surface area contributed by atoms with Crippen LogP contribution in [-0.2, 0) is 4.74 Å². The van der Waals surface area contributed by atoms with Gasteiger partial charge in [0.25, 0.3) is 0 Å². The number of hydrogen-bond donors (Lipinski definition) is 0. The van der Waals surface area contributed by atoms with Crippen LogP contribution in [0.2, 0.25) is 0 Å². The molecule has 0 saturated carbocycles.